The van der Waals surface area contributed by atoms with E-state index >= 15 is 0 Å². The van der Waals surface area contributed by atoms with Crippen LogP contribution in [-0.2, 0) is 19.1 Å². The summed E-state index contributed by atoms with van der Waals surface area (Å²) in [5.74, 6) is 7.85. The number of nitrogens with zero attached hydrogens (tertiary/aromatic N) is 4. The molecule has 0 radical (unpaired) electrons. The van der Waals surface area contributed by atoms with Crippen molar-refractivity contribution in [3.05, 3.63) is 24.4 Å². The summed E-state index contributed by atoms with van der Waals surface area (Å²) >= 11 is 0. The minimum atomic E-state index is -0.134. The number of rotatable bonds is 6. The van der Waals surface area contributed by atoms with E-state index in [4.69, 9.17) is 30.2 Å². The number of nitrogens with one attached hydrogen (secondary N) is 3. The molecular formula is C27H43N8O7Rb3. The Balaban J connectivity index is -0.000000533. The van der Waals surface area contributed by atoms with Gasteiger partial charge in [0, 0.05) is 31.7 Å². The molecule has 2 aromatic rings. The van der Waals surface area contributed by atoms with Gasteiger partial charge in [-0.25, -0.2) is 0 Å². The van der Waals surface area contributed by atoms with E-state index in [-0.39, 0.29) is 206 Å². The minimum Gasteiger partial charge on any atom is -0.496 e. The Labute approximate surface area is 412 Å². The molecular weight excluding hydrogens is 805 g/mol. The monoisotopic (exact) mass is 846 g/mol. The topological polar surface area (TPSA) is 232 Å². The summed E-state index contributed by atoms with van der Waals surface area (Å²) in [6, 6.07) is 0.447. The van der Waals surface area contributed by atoms with Gasteiger partial charge in [-0.15, -0.1) is 0 Å². The van der Waals surface area contributed by atoms with Gasteiger partial charge in [-0.05, 0) is 57.1 Å². The van der Waals surface area contributed by atoms with Gasteiger partial charge < -0.3 is 39.8 Å². The second-order valence-corrected chi connectivity index (χ2v) is 9.80. The van der Waals surface area contributed by atoms with Crippen LogP contribution in [0, 0.1) is 24.0 Å². The second kappa shape index (κ2) is 31.8. The molecule has 0 amide bonds. The number of nitrogens with two attached hydrogens (primary N) is 1. The number of carbonyl (C=O) groups excluding carboxylic acids is 3. The van der Waals surface area contributed by atoms with Crippen molar-refractivity contribution in [1.82, 2.24) is 31.2 Å². The van der Waals surface area contributed by atoms with Crippen molar-refractivity contribution in [2.75, 3.05) is 6.61 Å². The van der Waals surface area contributed by atoms with E-state index in [2.05, 4.69) is 38.4 Å². The third-order valence-electron chi connectivity index (χ3n) is 7.10. The largest absolute Gasteiger partial charge is 1.00 e. The van der Waals surface area contributed by atoms with Crippen LogP contribution in [-0.4, -0.2) is 62.0 Å². The Morgan fingerprint density at radius 1 is 0.911 bits per heavy atom. The van der Waals surface area contributed by atoms with Crippen molar-refractivity contribution in [3.63, 3.8) is 0 Å². The maximum atomic E-state index is 11.2. The van der Waals surface area contributed by atoms with Gasteiger partial charge in [-0.1, -0.05) is 33.1 Å². The van der Waals surface area contributed by atoms with Crippen molar-refractivity contribution in [3.8, 4) is 0 Å². The molecule has 0 spiro atoms. The summed E-state index contributed by atoms with van der Waals surface area (Å²) in [5.41, 5.74) is 4.14. The number of hydrogen-bond donors (Lipinski definition) is 5. The summed E-state index contributed by atoms with van der Waals surface area (Å²) in [4.78, 5) is 40.7. The Morgan fingerprint density at radius 2 is 1.33 bits per heavy atom. The number of Topliss-reactive ketones (excluding diaryl/α,β-unsaturated/α-hetero) is 2. The molecule has 0 saturated heterocycles. The summed E-state index contributed by atoms with van der Waals surface area (Å²) in [6.07, 6.45) is 16.0. The van der Waals surface area contributed by atoms with Crippen LogP contribution in [0.15, 0.2) is 9.05 Å². The number of ketones is 2. The van der Waals surface area contributed by atoms with Crippen LogP contribution in [0.5, 0.6) is 0 Å². The Bertz CT molecular complexity index is 1010. The molecule has 3 fully saturated rings. The van der Waals surface area contributed by atoms with Gasteiger partial charge in [0.05, 0.1) is 24.3 Å². The van der Waals surface area contributed by atoms with E-state index < -0.39 is 0 Å². The molecule has 6 N–H and O–H groups in total. The summed E-state index contributed by atoms with van der Waals surface area (Å²) in [6.45, 7) is 2.23. The number of aromatic nitrogens is 4. The SMILES string of the molecule is C.CCOC(=O)C1CCC(=O)CC1.N=[C-]NO.NNC1CCC(c2n[c-]no2)CC1.O=C1CCC(c2n[c-]no2)CC1.[Rb+].[Rb+].[Rb+]. The first-order chi connectivity index (χ1) is 19.9. The number of hydrogen-bond acceptors (Lipinski definition) is 14. The van der Waals surface area contributed by atoms with Crippen LogP contribution in [0.1, 0.15) is 115 Å². The van der Waals surface area contributed by atoms with Gasteiger partial charge in [0.25, 0.3) is 0 Å². The molecule has 236 valence electrons. The average molecular weight is 848 g/mol. The quantitative estimate of drug-likeness (QED) is 0.0347. The summed E-state index contributed by atoms with van der Waals surface area (Å²) in [5, 5.41) is 20.1. The van der Waals surface area contributed by atoms with E-state index in [1.165, 1.54) is 11.8 Å². The molecule has 15 nitrogen and oxygen atoms in total. The van der Waals surface area contributed by atoms with Gasteiger partial charge in [0.15, 0.2) is 0 Å². The first-order valence-electron chi connectivity index (χ1n) is 13.8. The number of carbonyl (C=O) groups is 3. The van der Waals surface area contributed by atoms with E-state index in [1.807, 2.05) is 0 Å². The molecule has 3 saturated carbocycles. The predicted molar refractivity (Wildman–Crippen MR) is 148 cm³/mol. The van der Waals surface area contributed by atoms with Crippen LogP contribution in [0.2, 0.25) is 0 Å². The maximum absolute atomic E-state index is 11.2. The molecule has 0 aliphatic heterocycles. The van der Waals surface area contributed by atoms with Crippen molar-refractivity contribution in [2.45, 2.75) is 109 Å². The first-order valence-corrected chi connectivity index (χ1v) is 13.8. The fraction of sp³-hybridized carbons (Fsp3) is 0.704. The van der Waals surface area contributed by atoms with Gasteiger partial charge in [-0.3, -0.25) is 32.0 Å². The van der Waals surface area contributed by atoms with Crippen molar-refractivity contribution < 1.29 is 208 Å². The maximum Gasteiger partial charge on any atom is 1.00 e. The third-order valence-corrected chi connectivity index (χ3v) is 7.10. The minimum absolute atomic E-state index is 0. The first kappa shape index (κ1) is 51.2. The van der Waals surface area contributed by atoms with Gasteiger partial charge in [0.2, 0.25) is 0 Å². The molecule has 0 atom stereocenters. The zero-order valence-corrected chi connectivity index (χ0v) is 41.0. The van der Waals surface area contributed by atoms with E-state index in [9.17, 15) is 14.4 Å². The normalized spacial score (nSPS) is 19.3. The van der Waals surface area contributed by atoms with Crippen LogP contribution in [0.25, 0.3) is 0 Å². The van der Waals surface area contributed by atoms with Crippen LogP contribution >= 0.6 is 0 Å². The molecule has 0 bridgehead atoms. The zero-order chi connectivity index (χ0) is 29.9. The van der Waals surface area contributed by atoms with Gasteiger partial charge >= 0.3 is 181 Å². The summed E-state index contributed by atoms with van der Waals surface area (Å²) < 4.78 is 14.7. The Morgan fingerprint density at radius 3 is 1.69 bits per heavy atom. The van der Waals surface area contributed by atoms with Crippen LogP contribution in [0.4, 0.5) is 0 Å². The molecule has 18 heteroatoms. The molecule has 3 aliphatic carbocycles. The molecule has 2 aromatic heterocycles. The fourth-order valence-corrected chi connectivity index (χ4v) is 4.78. The van der Waals surface area contributed by atoms with Crippen molar-refractivity contribution in [1.29, 1.82) is 5.41 Å². The van der Waals surface area contributed by atoms with Crippen molar-refractivity contribution >= 4 is 23.9 Å². The number of hydroxylamine groups is 1. The van der Waals surface area contributed by atoms with Gasteiger partial charge in [0.1, 0.15) is 11.6 Å². The van der Waals surface area contributed by atoms with Crippen molar-refractivity contribution in [2.24, 2.45) is 11.8 Å². The Kier molecular flexibility index (Phi) is 36.2. The molecule has 45 heavy (non-hydrogen) atoms. The molecule has 2 heterocycles. The average Bonchev–Trinajstić information content (AvgIpc) is 3.75. The molecule has 0 unspecified atom stereocenters. The third kappa shape index (κ3) is 21.6. The number of hydrazine groups is 1. The van der Waals surface area contributed by atoms with Crippen LogP contribution in [0.3, 0.4) is 0 Å². The van der Waals surface area contributed by atoms with Gasteiger partial charge in [-0.2, -0.15) is 10.3 Å². The zero-order valence-electron chi connectivity index (χ0n) is 26.3. The fourth-order valence-electron chi connectivity index (χ4n) is 4.78. The van der Waals surface area contributed by atoms with Crippen LogP contribution < -0.4 is 191 Å². The van der Waals surface area contributed by atoms with E-state index in [1.54, 1.807) is 6.92 Å². The van der Waals surface area contributed by atoms with E-state index in [0.717, 1.165) is 44.4 Å². The van der Waals surface area contributed by atoms with E-state index in [0.29, 0.717) is 68.8 Å². The molecule has 3 aliphatic rings. The number of ether oxygens (including phenoxy) is 1. The smallest absolute Gasteiger partial charge is 0.496 e. The summed E-state index contributed by atoms with van der Waals surface area (Å²) in [7, 11) is 0. The molecule has 0 aromatic carbocycles. The Hall–Kier alpha value is 1.86. The standard InChI is InChI=1S/C9H14O3.C8H13N4O.C8H9N2O2.CH3N2O.CH4.3Rb/c1-2-12-9(11)7-3-5-8(10)6-4-7;9-12-7-3-1-6(2-4-7)8-10-5-11-13-8;11-7-3-1-6(2-4-7)8-9-5-10-12-8;2-1-3-4;;;;/h7H,2-6H2,1H3;6-7,12H,1-4,9H2;6H,1-4H2;4H,(H2,2,3);1H4;;;/q;3*-1;;3*+1. The molecule has 5 rings (SSSR count). The second-order valence-electron chi connectivity index (χ2n) is 9.80. The number of esters is 1. The predicted octanol–water partition coefficient (Wildman–Crippen LogP) is -6.14.